The van der Waals surface area contributed by atoms with Crippen LogP contribution in [0.4, 0.5) is 5.95 Å². The number of hydrogen-bond donors (Lipinski definition) is 1. The van der Waals surface area contributed by atoms with E-state index in [4.69, 9.17) is 9.47 Å². The van der Waals surface area contributed by atoms with E-state index in [0.717, 1.165) is 21.9 Å². The molecule has 0 bridgehead atoms. The van der Waals surface area contributed by atoms with Crippen LogP contribution >= 0.6 is 11.3 Å². The number of anilines is 1. The molecule has 0 unspecified atom stereocenters. The van der Waals surface area contributed by atoms with Crippen molar-refractivity contribution >= 4 is 27.5 Å². The summed E-state index contributed by atoms with van der Waals surface area (Å²) in [5.74, 6) is 2.06. The SMILES string of the molecule is Cn1c(NCc2ccc3c(c2)OCO3)nc2sccc2c1=O. The minimum Gasteiger partial charge on any atom is -0.454 e. The van der Waals surface area contributed by atoms with Crippen molar-refractivity contribution in [1.82, 2.24) is 9.55 Å². The van der Waals surface area contributed by atoms with Crippen LogP contribution in [0, 0.1) is 0 Å². The van der Waals surface area contributed by atoms with Crippen molar-refractivity contribution < 1.29 is 9.47 Å². The van der Waals surface area contributed by atoms with E-state index in [-0.39, 0.29) is 12.4 Å². The molecule has 7 heteroatoms. The molecule has 0 fully saturated rings. The zero-order chi connectivity index (χ0) is 15.1. The summed E-state index contributed by atoms with van der Waals surface area (Å²) in [6, 6.07) is 7.57. The summed E-state index contributed by atoms with van der Waals surface area (Å²) >= 11 is 1.46. The standard InChI is InChI=1S/C15H13N3O3S/c1-18-14(19)10-4-5-22-13(10)17-15(18)16-7-9-2-3-11-12(6-9)21-8-20-11/h2-6H,7-8H2,1H3,(H,16,17). The highest BCUT2D eigenvalue weighted by atomic mass is 32.1. The summed E-state index contributed by atoms with van der Waals surface area (Å²) in [6.07, 6.45) is 0. The van der Waals surface area contributed by atoms with Crippen LogP contribution in [0.1, 0.15) is 5.56 Å². The monoisotopic (exact) mass is 315 g/mol. The summed E-state index contributed by atoms with van der Waals surface area (Å²) in [5.41, 5.74) is 0.990. The second-order valence-electron chi connectivity index (χ2n) is 4.98. The van der Waals surface area contributed by atoms with Gasteiger partial charge in [0, 0.05) is 13.6 Å². The van der Waals surface area contributed by atoms with E-state index in [2.05, 4.69) is 10.3 Å². The Morgan fingerprint density at radius 2 is 2.18 bits per heavy atom. The lowest BCUT2D eigenvalue weighted by atomic mass is 10.2. The Labute approximate surface area is 129 Å². The molecule has 22 heavy (non-hydrogen) atoms. The highest BCUT2D eigenvalue weighted by molar-refractivity contribution is 7.16. The number of ether oxygens (including phenoxy) is 2. The van der Waals surface area contributed by atoms with Gasteiger partial charge in [0.05, 0.1) is 5.39 Å². The first kappa shape index (κ1) is 13.1. The minimum atomic E-state index is -0.0422. The molecule has 1 aliphatic heterocycles. The first-order chi connectivity index (χ1) is 10.7. The number of nitrogens with zero attached hydrogens (tertiary/aromatic N) is 2. The number of thiophene rings is 1. The smallest absolute Gasteiger partial charge is 0.263 e. The Hall–Kier alpha value is -2.54. The third kappa shape index (κ3) is 2.10. The van der Waals surface area contributed by atoms with Crippen molar-refractivity contribution in [2.24, 2.45) is 7.05 Å². The topological polar surface area (TPSA) is 65.4 Å². The van der Waals surface area contributed by atoms with Gasteiger partial charge in [0.1, 0.15) is 4.83 Å². The predicted octanol–water partition coefficient (Wildman–Crippen LogP) is 2.34. The maximum Gasteiger partial charge on any atom is 0.263 e. The maximum absolute atomic E-state index is 12.2. The van der Waals surface area contributed by atoms with Crippen LogP contribution in [0.2, 0.25) is 0 Å². The van der Waals surface area contributed by atoms with E-state index >= 15 is 0 Å². The van der Waals surface area contributed by atoms with Crippen LogP contribution in [0.5, 0.6) is 11.5 Å². The highest BCUT2D eigenvalue weighted by Crippen LogP contribution is 2.32. The molecule has 1 N–H and O–H groups in total. The van der Waals surface area contributed by atoms with Crippen LogP contribution in [-0.2, 0) is 13.6 Å². The number of fused-ring (bicyclic) bond motifs is 2. The van der Waals surface area contributed by atoms with Crippen molar-refractivity contribution in [2.45, 2.75) is 6.54 Å². The molecule has 0 radical (unpaired) electrons. The fourth-order valence-corrected chi connectivity index (χ4v) is 3.14. The molecule has 0 amide bonds. The molecular weight excluding hydrogens is 302 g/mol. The summed E-state index contributed by atoms with van der Waals surface area (Å²) in [7, 11) is 1.72. The molecule has 4 rings (SSSR count). The van der Waals surface area contributed by atoms with Gasteiger partial charge in [-0.25, -0.2) is 4.98 Å². The van der Waals surface area contributed by atoms with E-state index in [1.165, 1.54) is 15.9 Å². The first-order valence-corrected chi connectivity index (χ1v) is 7.67. The number of aromatic nitrogens is 2. The van der Waals surface area contributed by atoms with Gasteiger partial charge in [0.2, 0.25) is 12.7 Å². The van der Waals surface area contributed by atoms with Crippen LogP contribution in [-0.4, -0.2) is 16.3 Å². The summed E-state index contributed by atoms with van der Waals surface area (Å²) < 4.78 is 12.2. The van der Waals surface area contributed by atoms with Gasteiger partial charge in [0.25, 0.3) is 5.56 Å². The average molecular weight is 315 g/mol. The van der Waals surface area contributed by atoms with Crippen molar-refractivity contribution in [1.29, 1.82) is 0 Å². The lowest BCUT2D eigenvalue weighted by molar-refractivity contribution is 0.174. The van der Waals surface area contributed by atoms with Crippen LogP contribution in [0.25, 0.3) is 10.2 Å². The normalized spacial score (nSPS) is 12.8. The van der Waals surface area contributed by atoms with Gasteiger partial charge in [-0.1, -0.05) is 6.07 Å². The van der Waals surface area contributed by atoms with Gasteiger partial charge in [0.15, 0.2) is 11.5 Å². The second-order valence-corrected chi connectivity index (χ2v) is 5.87. The highest BCUT2D eigenvalue weighted by Gasteiger charge is 2.14. The van der Waals surface area contributed by atoms with Crippen molar-refractivity contribution in [2.75, 3.05) is 12.1 Å². The van der Waals surface area contributed by atoms with Gasteiger partial charge in [-0.3, -0.25) is 9.36 Å². The average Bonchev–Trinajstić information content (AvgIpc) is 3.17. The van der Waals surface area contributed by atoms with E-state index in [1.54, 1.807) is 13.1 Å². The van der Waals surface area contributed by atoms with Crippen molar-refractivity contribution in [3.8, 4) is 11.5 Å². The fourth-order valence-electron chi connectivity index (χ4n) is 2.39. The Morgan fingerprint density at radius 1 is 1.32 bits per heavy atom. The van der Waals surface area contributed by atoms with Crippen LogP contribution in [0.3, 0.4) is 0 Å². The Kier molecular flexibility index (Phi) is 3.00. The van der Waals surface area contributed by atoms with Crippen LogP contribution < -0.4 is 20.3 Å². The molecule has 2 aromatic heterocycles. The molecule has 0 spiro atoms. The third-order valence-electron chi connectivity index (χ3n) is 3.59. The molecule has 3 heterocycles. The zero-order valence-electron chi connectivity index (χ0n) is 11.8. The Bertz CT molecular complexity index is 916. The molecule has 0 atom stereocenters. The number of rotatable bonds is 3. The van der Waals surface area contributed by atoms with Gasteiger partial charge in [-0.2, -0.15) is 0 Å². The Balaban J connectivity index is 1.61. The number of benzene rings is 1. The molecule has 6 nitrogen and oxygen atoms in total. The first-order valence-electron chi connectivity index (χ1n) is 6.79. The lowest BCUT2D eigenvalue weighted by Crippen LogP contribution is -2.21. The molecule has 1 aliphatic rings. The van der Waals surface area contributed by atoms with E-state index in [0.29, 0.717) is 17.9 Å². The maximum atomic E-state index is 12.2. The molecule has 1 aromatic carbocycles. The largest absolute Gasteiger partial charge is 0.454 e. The Morgan fingerprint density at radius 3 is 3.09 bits per heavy atom. The number of hydrogen-bond acceptors (Lipinski definition) is 6. The molecule has 3 aromatic rings. The summed E-state index contributed by atoms with van der Waals surface area (Å²) in [5, 5.41) is 5.73. The van der Waals surface area contributed by atoms with Crippen molar-refractivity contribution in [3.05, 3.63) is 45.6 Å². The van der Waals surface area contributed by atoms with Gasteiger partial charge < -0.3 is 14.8 Å². The minimum absolute atomic E-state index is 0.0422. The zero-order valence-corrected chi connectivity index (χ0v) is 12.6. The quantitative estimate of drug-likeness (QED) is 0.803. The molecule has 0 aliphatic carbocycles. The summed E-state index contributed by atoms with van der Waals surface area (Å²) in [4.78, 5) is 17.5. The van der Waals surface area contributed by atoms with Gasteiger partial charge >= 0.3 is 0 Å². The predicted molar refractivity (Wildman–Crippen MR) is 84.8 cm³/mol. The molecule has 112 valence electrons. The van der Waals surface area contributed by atoms with E-state index in [1.807, 2.05) is 23.6 Å². The molecular formula is C15H13N3O3S. The second kappa shape index (κ2) is 5.03. The third-order valence-corrected chi connectivity index (χ3v) is 4.40. The molecule has 0 saturated carbocycles. The fraction of sp³-hybridized carbons (Fsp3) is 0.200. The van der Waals surface area contributed by atoms with Crippen LogP contribution in [0.15, 0.2) is 34.4 Å². The summed E-state index contributed by atoms with van der Waals surface area (Å²) in [6.45, 7) is 0.811. The lowest BCUT2D eigenvalue weighted by Gasteiger charge is -2.10. The van der Waals surface area contributed by atoms with Gasteiger partial charge in [-0.05, 0) is 29.1 Å². The van der Waals surface area contributed by atoms with E-state index in [9.17, 15) is 4.79 Å². The number of nitrogens with one attached hydrogen (secondary N) is 1. The molecule has 0 saturated heterocycles. The van der Waals surface area contributed by atoms with E-state index < -0.39 is 0 Å². The van der Waals surface area contributed by atoms with Crippen molar-refractivity contribution in [3.63, 3.8) is 0 Å². The van der Waals surface area contributed by atoms with Gasteiger partial charge in [-0.15, -0.1) is 11.3 Å².